The quantitative estimate of drug-likeness (QED) is 0.679. The third-order valence-corrected chi connectivity index (χ3v) is 7.10. The highest BCUT2D eigenvalue weighted by atomic mass is 15.3. The van der Waals surface area contributed by atoms with Crippen molar-refractivity contribution in [1.82, 2.24) is 19.6 Å². The van der Waals surface area contributed by atoms with E-state index in [1.54, 1.807) is 0 Å². The van der Waals surface area contributed by atoms with E-state index in [0.29, 0.717) is 0 Å². The monoisotopic (exact) mass is 410 g/mol. The van der Waals surface area contributed by atoms with Crippen molar-refractivity contribution in [2.75, 3.05) is 66.5 Å². The zero-order valence-electron chi connectivity index (χ0n) is 21.3. The fourth-order valence-electron chi connectivity index (χ4n) is 4.47. The molecule has 0 amide bonds. The zero-order valence-corrected chi connectivity index (χ0v) is 21.3. The predicted molar refractivity (Wildman–Crippen MR) is 130 cm³/mol. The average molecular weight is 411 g/mol. The normalized spacial score (nSPS) is 23.7. The van der Waals surface area contributed by atoms with Crippen LogP contribution in [0.1, 0.15) is 73.6 Å². The minimum absolute atomic E-state index is 0.730. The van der Waals surface area contributed by atoms with Crippen LogP contribution in [0.25, 0.3) is 0 Å². The molecule has 0 aromatic heterocycles. The van der Waals surface area contributed by atoms with Gasteiger partial charge in [-0.3, -0.25) is 4.90 Å². The highest BCUT2D eigenvalue weighted by molar-refractivity contribution is 4.72. The molecule has 0 spiro atoms. The van der Waals surface area contributed by atoms with Crippen LogP contribution in [0.15, 0.2) is 0 Å². The predicted octanol–water partition coefficient (Wildman–Crippen LogP) is 4.51. The number of hydrogen-bond donors (Lipinski definition) is 0. The molecule has 174 valence electrons. The summed E-state index contributed by atoms with van der Waals surface area (Å²) in [6, 6.07) is 1.50. The number of piperidine rings is 2. The Morgan fingerprint density at radius 1 is 0.517 bits per heavy atom. The molecule has 4 nitrogen and oxygen atoms in total. The number of rotatable bonds is 3. The summed E-state index contributed by atoms with van der Waals surface area (Å²) in [7, 11) is 4.41. The van der Waals surface area contributed by atoms with Gasteiger partial charge < -0.3 is 14.7 Å². The van der Waals surface area contributed by atoms with Gasteiger partial charge in [-0.1, -0.05) is 20.3 Å². The van der Waals surface area contributed by atoms with Crippen LogP contribution in [-0.4, -0.2) is 98.1 Å². The Labute approximate surface area is 184 Å². The summed E-state index contributed by atoms with van der Waals surface area (Å²) in [5, 5.41) is 0. The van der Waals surface area contributed by atoms with Crippen molar-refractivity contribution in [2.24, 2.45) is 11.8 Å². The average Bonchev–Trinajstić information content (AvgIpc) is 2.70. The first-order chi connectivity index (χ1) is 13.7. The third-order valence-electron chi connectivity index (χ3n) is 7.10. The summed E-state index contributed by atoms with van der Waals surface area (Å²) >= 11 is 0. The Hall–Kier alpha value is -0.160. The summed E-state index contributed by atoms with van der Waals surface area (Å²) < 4.78 is 0. The van der Waals surface area contributed by atoms with Gasteiger partial charge in [0.2, 0.25) is 0 Å². The summed E-state index contributed by atoms with van der Waals surface area (Å²) in [5.41, 5.74) is 0. The Kier molecular flexibility index (Phi) is 13.7. The summed E-state index contributed by atoms with van der Waals surface area (Å²) in [5.74, 6) is 1.89. The topological polar surface area (TPSA) is 13.0 Å². The smallest absolute Gasteiger partial charge is 0.0112 e. The maximum absolute atomic E-state index is 2.56. The van der Waals surface area contributed by atoms with Gasteiger partial charge in [-0.05, 0) is 105 Å². The second kappa shape index (κ2) is 14.8. The Morgan fingerprint density at radius 3 is 1.31 bits per heavy atom. The van der Waals surface area contributed by atoms with Gasteiger partial charge in [0.15, 0.2) is 0 Å². The number of likely N-dealkylation sites (tertiary alicyclic amines) is 2. The van der Waals surface area contributed by atoms with E-state index in [1.165, 1.54) is 84.5 Å². The van der Waals surface area contributed by atoms with Crippen molar-refractivity contribution in [2.45, 2.75) is 85.7 Å². The minimum Gasteiger partial charge on any atom is -0.306 e. The molecule has 0 aliphatic carbocycles. The van der Waals surface area contributed by atoms with Crippen LogP contribution >= 0.6 is 0 Å². The van der Waals surface area contributed by atoms with E-state index in [2.05, 4.69) is 75.2 Å². The van der Waals surface area contributed by atoms with Crippen molar-refractivity contribution in [3.8, 4) is 0 Å². The molecule has 0 saturated carbocycles. The van der Waals surface area contributed by atoms with Gasteiger partial charge in [0.05, 0.1) is 0 Å². The molecular weight excluding hydrogens is 356 g/mol. The molecule has 3 heterocycles. The highest BCUT2D eigenvalue weighted by Gasteiger charge is 2.18. The van der Waals surface area contributed by atoms with Gasteiger partial charge in [0, 0.05) is 38.3 Å². The largest absolute Gasteiger partial charge is 0.306 e. The maximum Gasteiger partial charge on any atom is 0.0112 e. The molecule has 0 aromatic carbocycles. The fourth-order valence-corrected chi connectivity index (χ4v) is 4.47. The van der Waals surface area contributed by atoms with E-state index in [0.717, 1.165) is 23.9 Å². The standard InChI is InChI=1S/C9H19N.C8H18N2.C8H17N/c1-8(2)9-4-6-10(3)7-5-9;1-8(2)10-6-4-9(3)5-7-10;1-8(2)9-6-4-3-5-7-9/h8-9H,4-7H2,1-3H3;8H,4-7H2,1-3H3;8H,3-7H2,1-2H3. The van der Waals surface area contributed by atoms with Crippen LogP contribution in [0.5, 0.6) is 0 Å². The molecule has 29 heavy (non-hydrogen) atoms. The Balaban J connectivity index is 0.000000218. The van der Waals surface area contributed by atoms with Gasteiger partial charge >= 0.3 is 0 Å². The molecule has 0 N–H and O–H groups in total. The van der Waals surface area contributed by atoms with Crippen molar-refractivity contribution in [1.29, 1.82) is 0 Å². The van der Waals surface area contributed by atoms with Crippen LogP contribution in [0.2, 0.25) is 0 Å². The molecule has 3 aliphatic heterocycles. The van der Waals surface area contributed by atoms with E-state index in [-0.39, 0.29) is 0 Å². The van der Waals surface area contributed by atoms with Gasteiger partial charge in [-0.2, -0.15) is 0 Å². The van der Waals surface area contributed by atoms with Crippen molar-refractivity contribution >= 4 is 0 Å². The van der Waals surface area contributed by atoms with Gasteiger partial charge in [-0.25, -0.2) is 0 Å². The van der Waals surface area contributed by atoms with Crippen LogP contribution < -0.4 is 0 Å². The zero-order chi connectivity index (χ0) is 21.8. The van der Waals surface area contributed by atoms with Crippen molar-refractivity contribution in [3.05, 3.63) is 0 Å². The number of piperazine rings is 1. The van der Waals surface area contributed by atoms with E-state index < -0.39 is 0 Å². The van der Waals surface area contributed by atoms with Gasteiger partial charge in [-0.15, -0.1) is 0 Å². The fraction of sp³-hybridized carbons (Fsp3) is 1.00. The first kappa shape index (κ1) is 26.9. The molecule has 3 fully saturated rings. The van der Waals surface area contributed by atoms with E-state index in [4.69, 9.17) is 0 Å². The molecule has 0 bridgehead atoms. The highest BCUT2D eigenvalue weighted by Crippen LogP contribution is 2.23. The number of likely N-dealkylation sites (N-methyl/N-ethyl adjacent to an activating group) is 1. The molecule has 0 unspecified atom stereocenters. The van der Waals surface area contributed by atoms with Crippen LogP contribution in [0.3, 0.4) is 0 Å². The van der Waals surface area contributed by atoms with E-state index >= 15 is 0 Å². The third kappa shape index (κ3) is 11.7. The second-order valence-corrected chi connectivity index (χ2v) is 10.5. The van der Waals surface area contributed by atoms with Crippen LogP contribution in [0.4, 0.5) is 0 Å². The maximum atomic E-state index is 2.56. The number of hydrogen-bond acceptors (Lipinski definition) is 4. The molecular formula is C25H54N4. The van der Waals surface area contributed by atoms with E-state index in [9.17, 15) is 0 Å². The molecule has 0 radical (unpaired) electrons. The SMILES string of the molecule is CC(C)C1CCN(C)CC1.CC(C)N1CCCCC1.CC(C)N1CCN(C)CC1. The molecule has 3 saturated heterocycles. The lowest BCUT2D eigenvalue weighted by molar-refractivity contribution is 0.126. The van der Waals surface area contributed by atoms with Crippen molar-refractivity contribution < 1.29 is 0 Å². The number of nitrogens with zero attached hydrogens (tertiary/aromatic N) is 4. The van der Waals surface area contributed by atoms with Crippen LogP contribution in [0, 0.1) is 11.8 Å². The minimum atomic E-state index is 0.730. The van der Waals surface area contributed by atoms with Crippen molar-refractivity contribution in [3.63, 3.8) is 0 Å². The molecule has 3 aliphatic rings. The lowest BCUT2D eigenvalue weighted by atomic mass is 9.87. The summed E-state index contributed by atoms with van der Waals surface area (Å²) in [4.78, 5) is 9.90. The lowest BCUT2D eigenvalue weighted by Crippen LogP contribution is -2.47. The molecule has 3 rings (SSSR count). The summed E-state index contributed by atoms with van der Waals surface area (Å²) in [6.07, 6.45) is 7.10. The molecule has 4 heteroatoms. The Morgan fingerprint density at radius 2 is 0.931 bits per heavy atom. The second-order valence-electron chi connectivity index (χ2n) is 10.5. The molecule has 0 atom stereocenters. The van der Waals surface area contributed by atoms with Gasteiger partial charge in [0.25, 0.3) is 0 Å². The summed E-state index contributed by atoms with van der Waals surface area (Å²) in [6.45, 7) is 24.0. The molecule has 0 aromatic rings. The first-order valence-corrected chi connectivity index (χ1v) is 12.6. The Bertz CT molecular complexity index is 348. The first-order valence-electron chi connectivity index (χ1n) is 12.6. The van der Waals surface area contributed by atoms with E-state index in [1.807, 2.05) is 0 Å². The van der Waals surface area contributed by atoms with Crippen LogP contribution in [-0.2, 0) is 0 Å². The van der Waals surface area contributed by atoms with Gasteiger partial charge in [0.1, 0.15) is 0 Å². The lowest BCUT2D eigenvalue weighted by Gasteiger charge is -2.34.